The van der Waals surface area contributed by atoms with E-state index in [1.54, 1.807) is 17.2 Å². The van der Waals surface area contributed by atoms with Gasteiger partial charge in [0.1, 0.15) is 12.4 Å². The Morgan fingerprint density at radius 2 is 2.12 bits per heavy atom. The number of ether oxygens (including phenoxy) is 1. The van der Waals surface area contributed by atoms with Crippen LogP contribution in [0.5, 0.6) is 5.75 Å². The average Bonchev–Trinajstić information content (AvgIpc) is 3.36. The zero-order chi connectivity index (χ0) is 16.4. The number of pyridine rings is 1. The quantitative estimate of drug-likeness (QED) is 0.854. The number of anilines is 1. The molecule has 0 N–H and O–H groups in total. The van der Waals surface area contributed by atoms with Crippen molar-refractivity contribution in [3.05, 3.63) is 36.4 Å². The topological polar surface area (TPSA) is 71.7 Å². The molecule has 0 radical (unpaired) electrons. The normalized spacial score (nSPS) is 20.6. The molecular formula is C17H20N4O3. The summed E-state index contributed by atoms with van der Waals surface area (Å²) in [4.78, 5) is 20.8. The molecule has 1 amide bonds. The fraction of sp³-hybridized carbons (Fsp3) is 0.471. The minimum absolute atomic E-state index is 0.0218. The van der Waals surface area contributed by atoms with Gasteiger partial charge in [0.15, 0.2) is 17.3 Å². The van der Waals surface area contributed by atoms with E-state index >= 15 is 0 Å². The highest BCUT2D eigenvalue weighted by atomic mass is 16.5. The molecule has 2 aliphatic heterocycles. The van der Waals surface area contributed by atoms with Crippen LogP contribution in [-0.4, -0.2) is 53.2 Å². The van der Waals surface area contributed by atoms with Gasteiger partial charge in [0.05, 0.1) is 6.54 Å². The van der Waals surface area contributed by atoms with Gasteiger partial charge in [0.25, 0.3) is 5.91 Å². The minimum Gasteiger partial charge on any atom is -0.485 e. The van der Waals surface area contributed by atoms with E-state index in [9.17, 15) is 4.79 Å². The molecule has 2 saturated heterocycles. The highest BCUT2D eigenvalue weighted by Gasteiger charge is 2.30. The summed E-state index contributed by atoms with van der Waals surface area (Å²) in [6, 6.07) is 5.44. The van der Waals surface area contributed by atoms with E-state index in [1.165, 1.54) is 19.1 Å². The Labute approximate surface area is 140 Å². The van der Waals surface area contributed by atoms with Crippen LogP contribution in [0.2, 0.25) is 0 Å². The van der Waals surface area contributed by atoms with E-state index < -0.39 is 0 Å². The van der Waals surface area contributed by atoms with Crippen molar-refractivity contribution < 1.29 is 14.1 Å². The molecule has 2 fully saturated rings. The zero-order valence-corrected chi connectivity index (χ0v) is 13.4. The van der Waals surface area contributed by atoms with E-state index in [0.717, 1.165) is 31.1 Å². The molecule has 0 bridgehead atoms. The SMILES string of the molecule is O=C(c1ccon1)N1CC[C@H](Oc2cccnc2N2CCCC2)C1. The Morgan fingerprint density at radius 3 is 2.92 bits per heavy atom. The number of amides is 1. The molecule has 1 atom stereocenters. The summed E-state index contributed by atoms with van der Waals surface area (Å²) in [6.07, 6.45) is 6.38. The number of nitrogens with zero attached hydrogens (tertiary/aromatic N) is 4. The third-order valence-electron chi connectivity index (χ3n) is 4.54. The van der Waals surface area contributed by atoms with Crippen molar-refractivity contribution in [2.24, 2.45) is 0 Å². The van der Waals surface area contributed by atoms with Crippen LogP contribution < -0.4 is 9.64 Å². The lowest BCUT2D eigenvalue weighted by Crippen LogP contribution is -2.31. The Hall–Kier alpha value is -2.57. The predicted octanol–water partition coefficient (Wildman–Crippen LogP) is 1.96. The van der Waals surface area contributed by atoms with Crippen molar-refractivity contribution in [2.45, 2.75) is 25.4 Å². The second kappa shape index (κ2) is 6.51. The average molecular weight is 328 g/mol. The lowest BCUT2D eigenvalue weighted by Gasteiger charge is -2.22. The molecule has 24 heavy (non-hydrogen) atoms. The van der Waals surface area contributed by atoms with Gasteiger partial charge in [-0.2, -0.15) is 0 Å². The molecule has 126 valence electrons. The number of aromatic nitrogens is 2. The summed E-state index contributed by atoms with van der Waals surface area (Å²) in [5.74, 6) is 1.61. The Bertz CT molecular complexity index is 698. The maximum absolute atomic E-state index is 12.3. The standard InChI is InChI=1S/C17H20N4O3/c22-17(14-6-11-23-19-14)21-10-5-13(12-21)24-15-4-3-7-18-16(15)20-8-1-2-9-20/h3-4,6-7,11,13H,1-2,5,8-10,12H2/t13-/m0/s1. The minimum atomic E-state index is -0.110. The third-order valence-corrected chi connectivity index (χ3v) is 4.54. The lowest BCUT2D eigenvalue weighted by molar-refractivity contribution is 0.0762. The van der Waals surface area contributed by atoms with Crippen molar-refractivity contribution in [2.75, 3.05) is 31.1 Å². The molecule has 2 aromatic heterocycles. The second-order valence-electron chi connectivity index (χ2n) is 6.18. The number of carbonyl (C=O) groups excluding carboxylic acids is 1. The maximum atomic E-state index is 12.3. The Kier molecular flexibility index (Phi) is 4.06. The van der Waals surface area contributed by atoms with Crippen LogP contribution in [0.25, 0.3) is 0 Å². The van der Waals surface area contributed by atoms with Gasteiger partial charge < -0.3 is 19.1 Å². The molecule has 7 nitrogen and oxygen atoms in total. The van der Waals surface area contributed by atoms with Crippen LogP contribution in [0.1, 0.15) is 29.8 Å². The molecular weight excluding hydrogens is 308 g/mol. The van der Waals surface area contributed by atoms with E-state index in [0.29, 0.717) is 18.8 Å². The smallest absolute Gasteiger partial charge is 0.276 e. The monoisotopic (exact) mass is 328 g/mol. The van der Waals surface area contributed by atoms with Gasteiger partial charge in [-0.3, -0.25) is 4.79 Å². The fourth-order valence-corrected chi connectivity index (χ4v) is 3.31. The molecule has 0 saturated carbocycles. The van der Waals surface area contributed by atoms with Crippen molar-refractivity contribution >= 4 is 11.7 Å². The summed E-state index contributed by atoms with van der Waals surface area (Å²) in [5.41, 5.74) is 0.342. The van der Waals surface area contributed by atoms with Gasteiger partial charge in [-0.05, 0) is 25.0 Å². The second-order valence-corrected chi connectivity index (χ2v) is 6.18. The molecule has 2 aromatic rings. The van der Waals surface area contributed by atoms with Crippen LogP contribution in [0.3, 0.4) is 0 Å². The summed E-state index contributed by atoms with van der Waals surface area (Å²) in [5, 5.41) is 3.71. The summed E-state index contributed by atoms with van der Waals surface area (Å²) >= 11 is 0. The van der Waals surface area contributed by atoms with E-state index in [-0.39, 0.29) is 12.0 Å². The van der Waals surface area contributed by atoms with Gasteiger partial charge in [0.2, 0.25) is 0 Å². The molecule has 2 aliphatic rings. The van der Waals surface area contributed by atoms with Gasteiger partial charge >= 0.3 is 0 Å². The van der Waals surface area contributed by atoms with Crippen LogP contribution in [0.4, 0.5) is 5.82 Å². The van der Waals surface area contributed by atoms with E-state index in [2.05, 4.69) is 15.0 Å². The predicted molar refractivity (Wildman–Crippen MR) is 87.1 cm³/mol. The first-order chi connectivity index (χ1) is 11.8. The Balaban J connectivity index is 1.43. The largest absolute Gasteiger partial charge is 0.485 e. The number of rotatable bonds is 4. The van der Waals surface area contributed by atoms with E-state index in [4.69, 9.17) is 9.26 Å². The lowest BCUT2D eigenvalue weighted by atomic mass is 10.3. The highest BCUT2D eigenvalue weighted by molar-refractivity contribution is 5.92. The van der Waals surface area contributed by atoms with Gasteiger partial charge in [-0.1, -0.05) is 5.16 Å². The molecule has 7 heteroatoms. The molecule has 0 aromatic carbocycles. The number of hydrogen-bond donors (Lipinski definition) is 0. The van der Waals surface area contributed by atoms with Crippen molar-refractivity contribution in [3.8, 4) is 5.75 Å². The van der Waals surface area contributed by atoms with Gasteiger partial charge in [0, 0.05) is 38.3 Å². The molecule has 4 rings (SSSR count). The summed E-state index contributed by atoms with van der Waals surface area (Å²) in [7, 11) is 0. The van der Waals surface area contributed by atoms with Crippen molar-refractivity contribution in [1.82, 2.24) is 15.0 Å². The van der Waals surface area contributed by atoms with E-state index in [1.807, 2.05) is 12.1 Å². The molecule has 0 aliphatic carbocycles. The number of likely N-dealkylation sites (tertiary alicyclic amines) is 1. The first kappa shape index (κ1) is 15.0. The molecule has 4 heterocycles. The van der Waals surface area contributed by atoms with Gasteiger partial charge in [-0.15, -0.1) is 0 Å². The maximum Gasteiger partial charge on any atom is 0.276 e. The van der Waals surface area contributed by atoms with Gasteiger partial charge in [-0.25, -0.2) is 4.98 Å². The van der Waals surface area contributed by atoms with Crippen LogP contribution in [-0.2, 0) is 0 Å². The van der Waals surface area contributed by atoms with Crippen molar-refractivity contribution in [3.63, 3.8) is 0 Å². The molecule has 0 spiro atoms. The van der Waals surface area contributed by atoms with Crippen LogP contribution in [0, 0.1) is 0 Å². The third kappa shape index (κ3) is 2.93. The van der Waals surface area contributed by atoms with Crippen LogP contribution in [0.15, 0.2) is 35.2 Å². The summed E-state index contributed by atoms with van der Waals surface area (Å²) in [6.45, 7) is 3.26. The highest BCUT2D eigenvalue weighted by Crippen LogP contribution is 2.30. The van der Waals surface area contributed by atoms with Crippen LogP contribution >= 0.6 is 0 Å². The number of hydrogen-bond acceptors (Lipinski definition) is 6. The first-order valence-corrected chi connectivity index (χ1v) is 8.37. The number of carbonyl (C=O) groups is 1. The Morgan fingerprint density at radius 1 is 1.25 bits per heavy atom. The molecule has 0 unspecified atom stereocenters. The summed E-state index contributed by atoms with van der Waals surface area (Å²) < 4.78 is 10.9. The first-order valence-electron chi connectivity index (χ1n) is 8.37. The fourth-order valence-electron chi connectivity index (χ4n) is 3.31. The zero-order valence-electron chi connectivity index (χ0n) is 13.4. The van der Waals surface area contributed by atoms with Crippen molar-refractivity contribution in [1.29, 1.82) is 0 Å².